The second-order valence-electron chi connectivity index (χ2n) is 4.97. The van der Waals surface area contributed by atoms with E-state index < -0.39 is 5.97 Å². The first-order valence-electron chi connectivity index (χ1n) is 6.85. The van der Waals surface area contributed by atoms with Crippen LogP contribution in [-0.4, -0.2) is 16.7 Å². The van der Waals surface area contributed by atoms with E-state index in [9.17, 15) is 9.59 Å². The number of rotatable bonds is 5. The predicted molar refractivity (Wildman–Crippen MR) is 91.0 cm³/mol. The molecule has 0 saturated heterocycles. The lowest BCUT2D eigenvalue weighted by molar-refractivity contribution is -0.134. The number of aromatic nitrogens is 1. The number of nitrogens with one attached hydrogen (secondary N) is 1. The minimum absolute atomic E-state index is 0.163. The number of ketones is 1. The van der Waals surface area contributed by atoms with Crippen LogP contribution in [0.15, 0.2) is 58.7 Å². The van der Waals surface area contributed by atoms with E-state index in [0.717, 1.165) is 5.57 Å². The minimum Gasteiger partial charge on any atom is -0.339 e. The van der Waals surface area contributed by atoms with Gasteiger partial charge in [-0.3, -0.25) is 4.79 Å². The number of halogens is 1. The van der Waals surface area contributed by atoms with E-state index in [0.29, 0.717) is 15.9 Å². The van der Waals surface area contributed by atoms with Gasteiger partial charge >= 0.3 is 5.97 Å². The molecule has 0 amide bonds. The van der Waals surface area contributed by atoms with Gasteiger partial charge in [-0.05, 0) is 41.9 Å². The summed E-state index contributed by atoms with van der Waals surface area (Å²) in [5.41, 5.74) is 4.29. The molecule has 1 N–H and O–H groups in total. The van der Waals surface area contributed by atoms with Gasteiger partial charge in [0.05, 0.1) is 0 Å². The van der Waals surface area contributed by atoms with Crippen molar-refractivity contribution in [3.8, 4) is 0 Å². The van der Waals surface area contributed by atoms with E-state index in [-0.39, 0.29) is 11.5 Å². The summed E-state index contributed by atoms with van der Waals surface area (Å²) in [6, 6.07) is 12.0. The average Bonchev–Trinajstić information content (AvgIpc) is 2.53. The van der Waals surface area contributed by atoms with Crippen LogP contribution >= 0.6 is 15.9 Å². The van der Waals surface area contributed by atoms with E-state index in [1.54, 1.807) is 50.2 Å². The number of hydrogen-bond acceptors (Lipinski definition) is 5. The summed E-state index contributed by atoms with van der Waals surface area (Å²) in [6.45, 7) is 3.57. The maximum absolute atomic E-state index is 12.6. The largest absolute Gasteiger partial charge is 0.355 e. The molecule has 1 heterocycles. The van der Waals surface area contributed by atoms with Crippen molar-refractivity contribution in [1.82, 2.24) is 4.98 Å². The molecule has 6 heteroatoms. The van der Waals surface area contributed by atoms with Crippen LogP contribution < -0.4 is 5.48 Å². The number of anilines is 1. The maximum Gasteiger partial charge on any atom is 0.355 e. The standard InChI is InChI=1S/C17H15BrN2O3/c1-11(2)10-15(21)23-20-13-8-9-14(18)19-16(13)17(22)12-6-4-3-5-7-12/h3-10,20H,1-2H3. The van der Waals surface area contributed by atoms with Gasteiger partial charge in [0.1, 0.15) is 16.0 Å². The Hall–Kier alpha value is -2.47. The van der Waals surface area contributed by atoms with E-state index >= 15 is 0 Å². The van der Waals surface area contributed by atoms with Gasteiger partial charge in [-0.15, -0.1) is 0 Å². The van der Waals surface area contributed by atoms with Crippen LogP contribution in [0.5, 0.6) is 0 Å². The minimum atomic E-state index is -0.550. The number of pyridine rings is 1. The fourth-order valence-electron chi connectivity index (χ4n) is 1.79. The third-order valence-electron chi connectivity index (χ3n) is 2.78. The molecule has 0 aliphatic carbocycles. The van der Waals surface area contributed by atoms with E-state index in [4.69, 9.17) is 4.84 Å². The Morgan fingerprint density at radius 1 is 1.13 bits per heavy atom. The topological polar surface area (TPSA) is 68.3 Å². The highest BCUT2D eigenvalue weighted by atomic mass is 79.9. The average molecular weight is 375 g/mol. The molecular formula is C17H15BrN2O3. The monoisotopic (exact) mass is 374 g/mol. The van der Waals surface area contributed by atoms with E-state index in [1.807, 2.05) is 6.07 Å². The quantitative estimate of drug-likeness (QED) is 0.371. The van der Waals surface area contributed by atoms with Gasteiger partial charge in [-0.1, -0.05) is 35.9 Å². The lowest BCUT2D eigenvalue weighted by Gasteiger charge is -2.10. The third-order valence-corrected chi connectivity index (χ3v) is 3.22. The first-order chi connectivity index (χ1) is 11.0. The van der Waals surface area contributed by atoms with E-state index in [2.05, 4.69) is 26.4 Å². The third kappa shape index (κ3) is 4.75. The summed E-state index contributed by atoms with van der Waals surface area (Å²) in [4.78, 5) is 33.3. The van der Waals surface area contributed by atoms with Crippen LogP contribution in [0.25, 0.3) is 0 Å². The lowest BCUT2D eigenvalue weighted by Crippen LogP contribution is -2.13. The smallest absolute Gasteiger partial charge is 0.339 e. The molecule has 23 heavy (non-hydrogen) atoms. The van der Waals surface area contributed by atoms with Crippen LogP contribution in [0.3, 0.4) is 0 Å². The molecule has 1 aromatic heterocycles. The molecule has 2 rings (SSSR count). The van der Waals surface area contributed by atoms with Gasteiger partial charge in [0.15, 0.2) is 0 Å². The number of benzene rings is 1. The molecule has 0 saturated carbocycles. The Balaban J connectivity index is 2.26. The molecule has 2 aromatic rings. The zero-order valence-electron chi connectivity index (χ0n) is 12.7. The van der Waals surface area contributed by atoms with Crippen molar-refractivity contribution >= 4 is 33.4 Å². The van der Waals surface area contributed by atoms with Gasteiger partial charge in [0.25, 0.3) is 0 Å². The Kier molecular flexibility index (Phi) is 5.65. The van der Waals surface area contributed by atoms with Crippen LogP contribution in [0, 0.1) is 0 Å². The van der Waals surface area contributed by atoms with Crippen molar-refractivity contribution < 1.29 is 14.4 Å². The van der Waals surface area contributed by atoms with Crippen LogP contribution in [0.2, 0.25) is 0 Å². The number of carbonyl (C=O) groups excluding carboxylic acids is 2. The van der Waals surface area contributed by atoms with Gasteiger partial charge < -0.3 is 4.84 Å². The molecule has 0 unspecified atom stereocenters. The summed E-state index contributed by atoms with van der Waals surface area (Å²) in [7, 11) is 0. The normalized spacial score (nSPS) is 9.87. The summed E-state index contributed by atoms with van der Waals surface area (Å²) in [5.74, 6) is -0.821. The zero-order valence-corrected chi connectivity index (χ0v) is 14.3. The number of carbonyl (C=O) groups is 2. The summed E-state index contributed by atoms with van der Waals surface area (Å²) in [5, 5.41) is 0. The molecule has 0 fully saturated rings. The first kappa shape index (κ1) is 16.9. The van der Waals surface area contributed by atoms with Gasteiger partial charge in [0, 0.05) is 11.6 Å². The van der Waals surface area contributed by atoms with Crippen LogP contribution in [0.1, 0.15) is 29.9 Å². The maximum atomic E-state index is 12.6. The Morgan fingerprint density at radius 2 is 1.83 bits per heavy atom. The summed E-state index contributed by atoms with van der Waals surface area (Å²) in [6.07, 6.45) is 1.35. The molecule has 0 aliphatic rings. The fourth-order valence-corrected chi connectivity index (χ4v) is 2.10. The second kappa shape index (κ2) is 7.69. The van der Waals surface area contributed by atoms with Crippen molar-refractivity contribution in [2.24, 2.45) is 0 Å². The van der Waals surface area contributed by atoms with Crippen molar-refractivity contribution in [2.75, 3.05) is 5.48 Å². The fraction of sp³-hybridized carbons (Fsp3) is 0.118. The number of nitrogens with zero attached hydrogens (tertiary/aromatic N) is 1. The first-order valence-corrected chi connectivity index (χ1v) is 7.64. The Morgan fingerprint density at radius 3 is 2.48 bits per heavy atom. The van der Waals surface area contributed by atoms with Crippen molar-refractivity contribution in [3.63, 3.8) is 0 Å². The van der Waals surface area contributed by atoms with Crippen LogP contribution in [-0.2, 0) is 9.63 Å². The second-order valence-corrected chi connectivity index (χ2v) is 5.78. The molecule has 0 spiro atoms. The molecule has 1 aromatic carbocycles. The highest BCUT2D eigenvalue weighted by molar-refractivity contribution is 9.10. The SMILES string of the molecule is CC(C)=CC(=O)ONc1ccc(Br)nc1C(=O)c1ccccc1. The Labute approximate surface area is 142 Å². The van der Waals surface area contributed by atoms with Crippen LogP contribution in [0.4, 0.5) is 5.69 Å². The highest BCUT2D eigenvalue weighted by Crippen LogP contribution is 2.20. The molecule has 5 nitrogen and oxygen atoms in total. The predicted octanol–water partition coefficient (Wildman–Crippen LogP) is 3.91. The molecule has 0 atom stereocenters. The summed E-state index contributed by atoms with van der Waals surface area (Å²) >= 11 is 3.24. The number of hydrogen-bond donors (Lipinski definition) is 1. The lowest BCUT2D eigenvalue weighted by atomic mass is 10.1. The molecule has 0 radical (unpaired) electrons. The molecule has 118 valence electrons. The molecular weight excluding hydrogens is 360 g/mol. The Bertz CT molecular complexity index is 754. The van der Waals surface area contributed by atoms with E-state index in [1.165, 1.54) is 6.08 Å². The zero-order chi connectivity index (χ0) is 16.8. The number of allylic oxidation sites excluding steroid dienone is 1. The molecule has 0 bridgehead atoms. The molecule has 0 aliphatic heterocycles. The van der Waals surface area contributed by atoms with Crippen molar-refractivity contribution in [3.05, 3.63) is 70.0 Å². The highest BCUT2D eigenvalue weighted by Gasteiger charge is 2.17. The summed E-state index contributed by atoms with van der Waals surface area (Å²) < 4.78 is 0.512. The van der Waals surface area contributed by atoms with Crippen molar-refractivity contribution in [2.45, 2.75) is 13.8 Å². The van der Waals surface area contributed by atoms with Gasteiger partial charge in [0.2, 0.25) is 5.78 Å². The van der Waals surface area contributed by atoms with Crippen molar-refractivity contribution in [1.29, 1.82) is 0 Å². The van der Waals surface area contributed by atoms with Gasteiger partial charge in [-0.2, -0.15) is 0 Å². The van der Waals surface area contributed by atoms with Gasteiger partial charge in [-0.25, -0.2) is 15.3 Å².